The average Bonchev–Trinajstić information content (AvgIpc) is 3.08. The summed E-state index contributed by atoms with van der Waals surface area (Å²) >= 11 is 5.75. The van der Waals surface area contributed by atoms with Crippen LogP contribution in [0, 0.1) is 6.92 Å². The summed E-state index contributed by atoms with van der Waals surface area (Å²) in [6.07, 6.45) is -0.383. The van der Waals surface area contributed by atoms with Crippen LogP contribution in [-0.4, -0.2) is 33.2 Å². The maximum Gasteiger partial charge on any atom is 0.527 e. The molecule has 1 aromatic carbocycles. The van der Waals surface area contributed by atoms with Gasteiger partial charge in [-0.2, -0.15) is 0 Å². The Bertz CT molecular complexity index is 1130. The third-order valence-corrected chi connectivity index (χ3v) is 5.47. The quantitative estimate of drug-likeness (QED) is 0.278. The summed E-state index contributed by atoms with van der Waals surface area (Å²) in [5, 5.41) is 4.03. The second-order valence-corrected chi connectivity index (χ2v) is 8.24. The fourth-order valence-electron chi connectivity index (χ4n) is 2.85. The molecule has 160 valence electrons. The van der Waals surface area contributed by atoms with Crippen molar-refractivity contribution in [3.05, 3.63) is 72.3 Å². The number of hydrogen-bond acceptors (Lipinski definition) is 7. The summed E-state index contributed by atoms with van der Waals surface area (Å²) in [5.41, 5.74) is 7.85. The first-order valence-corrected chi connectivity index (χ1v) is 10.5. The van der Waals surface area contributed by atoms with Crippen LogP contribution in [0.5, 0.6) is 5.75 Å². The molecule has 3 rings (SSSR count). The van der Waals surface area contributed by atoms with Gasteiger partial charge in [0.15, 0.2) is 0 Å². The number of aryl methyl sites for hydroxylation is 1. The lowest BCUT2D eigenvalue weighted by Crippen LogP contribution is -2.33. The van der Waals surface area contributed by atoms with E-state index in [-0.39, 0.29) is 17.7 Å². The number of aromatic nitrogens is 2. The maximum absolute atomic E-state index is 12.2. The van der Waals surface area contributed by atoms with E-state index < -0.39 is 44.1 Å². The Hall–Kier alpha value is -2.59. The van der Waals surface area contributed by atoms with Crippen molar-refractivity contribution >= 4 is 19.4 Å². The Kier molecular flexibility index (Phi) is 6.67. The van der Waals surface area contributed by atoms with E-state index in [0.29, 0.717) is 5.02 Å². The standard InChI is InChI=1S/C16H17ClN5O7P/c1-9-7-22(16(24)19-15(9)23)14-6-12(20-21-18)13(28-14)8-27-30(25,26)29-11-4-2-10(17)3-5-11/h2-5,7,12-14H,6,8H2,1H3,(H,25,26)(H,19,23,24)/t12-,13+,14+/m0/s1. The summed E-state index contributed by atoms with van der Waals surface area (Å²) in [7, 11) is -4.52. The molecular weight excluding hydrogens is 441 g/mol. The smallest absolute Gasteiger partial charge is 0.404 e. The highest BCUT2D eigenvalue weighted by Gasteiger charge is 2.38. The number of nitrogens with zero attached hydrogens (tertiary/aromatic N) is 4. The van der Waals surface area contributed by atoms with E-state index in [1.165, 1.54) is 37.4 Å². The van der Waals surface area contributed by atoms with Gasteiger partial charge in [-0.05, 0) is 36.7 Å². The largest absolute Gasteiger partial charge is 0.527 e. The summed E-state index contributed by atoms with van der Waals surface area (Å²) in [6.45, 7) is 1.07. The van der Waals surface area contributed by atoms with Crippen molar-refractivity contribution in [1.82, 2.24) is 9.55 Å². The molecule has 12 nitrogen and oxygen atoms in total. The van der Waals surface area contributed by atoms with Crippen molar-refractivity contribution < 1.29 is 23.2 Å². The zero-order valence-electron chi connectivity index (χ0n) is 15.5. The molecule has 1 unspecified atom stereocenters. The van der Waals surface area contributed by atoms with Crippen molar-refractivity contribution in [3.8, 4) is 5.75 Å². The number of aromatic amines is 1. The Morgan fingerprint density at radius 1 is 1.43 bits per heavy atom. The van der Waals surface area contributed by atoms with Gasteiger partial charge in [-0.15, -0.1) is 0 Å². The van der Waals surface area contributed by atoms with Crippen LogP contribution < -0.4 is 15.8 Å². The number of nitrogens with one attached hydrogen (secondary N) is 1. The molecule has 0 spiro atoms. The first-order valence-electron chi connectivity index (χ1n) is 8.63. The molecule has 0 bridgehead atoms. The van der Waals surface area contributed by atoms with E-state index in [1.807, 2.05) is 0 Å². The molecule has 0 amide bonds. The minimum Gasteiger partial charge on any atom is -0.404 e. The van der Waals surface area contributed by atoms with Gasteiger partial charge in [0.2, 0.25) is 0 Å². The molecule has 1 aromatic heterocycles. The van der Waals surface area contributed by atoms with Gasteiger partial charge in [0.05, 0.1) is 18.8 Å². The van der Waals surface area contributed by atoms with Gasteiger partial charge in [0.25, 0.3) is 5.56 Å². The lowest BCUT2D eigenvalue weighted by Gasteiger charge is -2.19. The Morgan fingerprint density at radius 2 is 2.13 bits per heavy atom. The first-order chi connectivity index (χ1) is 14.2. The number of benzene rings is 1. The molecule has 1 fully saturated rings. The van der Waals surface area contributed by atoms with E-state index in [9.17, 15) is 19.0 Å². The third kappa shape index (κ3) is 5.31. The Labute approximate surface area is 174 Å². The normalized spacial score (nSPS) is 22.8. The van der Waals surface area contributed by atoms with Gasteiger partial charge in [0, 0.05) is 28.1 Å². The van der Waals surface area contributed by atoms with Crippen LogP contribution >= 0.6 is 19.4 Å². The van der Waals surface area contributed by atoms with Gasteiger partial charge in [-0.3, -0.25) is 23.8 Å². The van der Waals surface area contributed by atoms with Gasteiger partial charge < -0.3 is 9.26 Å². The average molecular weight is 458 g/mol. The second-order valence-electron chi connectivity index (χ2n) is 6.43. The number of H-pyrrole nitrogens is 1. The molecule has 0 radical (unpaired) electrons. The van der Waals surface area contributed by atoms with E-state index in [4.69, 9.17) is 30.9 Å². The SMILES string of the molecule is Cc1cn([C@H]2C[C@H](N=[N+]=[N-])[C@@H](COP(=O)(O)Oc3ccc(Cl)cc3)O2)c(=O)[nH]c1=O. The fraction of sp³-hybridized carbons (Fsp3) is 0.375. The molecule has 2 aromatic rings. The van der Waals surface area contributed by atoms with Crippen molar-refractivity contribution in [2.45, 2.75) is 31.7 Å². The van der Waals surface area contributed by atoms with Crippen LogP contribution in [-0.2, 0) is 13.8 Å². The van der Waals surface area contributed by atoms with E-state index >= 15 is 0 Å². The number of phosphoric acid groups is 1. The van der Waals surface area contributed by atoms with Crippen molar-refractivity contribution in [3.63, 3.8) is 0 Å². The number of halogens is 1. The van der Waals surface area contributed by atoms with Gasteiger partial charge in [0.1, 0.15) is 12.0 Å². The molecule has 30 heavy (non-hydrogen) atoms. The Balaban J connectivity index is 1.71. The van der Waals surface area contributed by atoms with Crippen LogP contribution in [0.15, 0.2) is 45.2 Å². The second kappa shape index (κ2) is 9.05. The molecule has 2 N–H and O–H groups in total. The predicted octanol–water partition coefficient (Wildman–Crippen LogP) is 2.66. The van der Waals surface area contributed by atoms with Gasteiger partial charge >= 0.3 is 13.5 Å². The highest BCUT2D eigenvalue weighted by Crippen LogP contribution is 2.45. The van der Waals surface area contributed by atoms with Gasteiger partial charge in [-0.25, -0.2) is 9.36 Å². The maximum atomic E-state index is 12.2. The summed E-state index contributed by atoms with van der Waals surface area (Å²) in [4.78, 5) is 38.4. The molecule has 1 aliphatic heterocycles. The molecule has 14 heteroatoms. The number of ether oxygens (including phenoxy) is 1. The molecule has 0 aliphatic carbocycles. The molecule has 1 saturated heterocycles. The molecule has 2 heterocycles. The van der Waals surface area contributed by atoms with Crippen molar-refractivity contribution in [2.24, 2.45) is 5.11 Å². The zero-order chi connectivity index (χ0) is 21.9. The van der Waals surface area contributed by atoms with Crippen LogP contribution in [0.4, 0.5) is 0 Å². The number of hydrogen-bond donors (Lipinski definition) is 2. The minimum atomic E-state index is -4.52. The highest BCUT2D eigenvalue weighted by molar-refractivity contribution is 7.47. The number of azide groups is 1. The van der Waals surface area contributed by atoms with Crippen LogP contribution in [0.1, 0.15) is 18.2 Å². The minimum absolute atomic E-state index is 0.0670. The molecule has 1 aliphatic rings. The van der Waals surface area contributed by atoms with E-state index in [2.05, 4.69) is 15.0 Å². The van der Waals surface area contributed by atoms with Crippen LogP contribution in [0.2, 0.25) is 5.02 Å². The predicted molar refractivity (Wildman–Crippen MR) is 105 cm³/mol. The van der Waals surface area contributed by atoms with E-state index in [0.717, 1.165) is 4.57 Å². The van der Waals surface area contributed by atoms with Gasteiger partial charge in [-0.1, -0.05) is 16.7 Å². The lowest BCUT2D eigenvalue weighted by molar-refractivity contribution is -0.0263. The third-order valence-electron chi connectivity index (χ3n) is 4.30. The fourth-order valence-corrected chi connectivity index (χ4v) is 3.75. The van der Waals surface area contributed by atoms with Crippen molar-refractivity contribution in [1.29, 1.82) is 0 Å². The highest BCUT2D eigenvalue weighted by atomic mass is 35.5. The number of phosphoric ester groups is 1. The van der Waals surface area contributed by atoms with Crippen LogP contribution in [0.25, 0.3) is 10.4 Å². The number of rotatable bonds is 7. The lowest BCUT2D eigenvalue weighted by atomic mass is 10.1. The van der Waals surface area contributed by atoms with Crippen LogP contribution in [0.3, 0.4) is 0 Å². The Morgan fingerprint density at radius 3 is 2.80 bits per heavy atom. The van der Waals surface area contributed by atoms with E-state index in [1.54, 1.807) is 0 Å². The zero-order valence-corrected chi connectivity index (χ0v) is 17.2. The molecule has 0 saturated carbocycles. The monoisotopic (exact) mass is 457 g/mol. The first kappa shape index (κ1) is 22.1. The summed E-state index contributed by atoms with van der Waals surface area (Å²) in [6, 6.07) is 4.95. The molecular formula is C16H17ClN5O7P. The summed E-state index contributed by atoms with van der Waals surface area (Å²) < 4.78 is 29.0. The van der Waals surface area contributed by atoms with Crippen molar-refractivity contribution in [2.75, 3.05) is 6.61 Å². The summed E-state index contributed by atoms with van der Waals surface area (Å²) in [5.74, 6) is 0.0670. The topological polar surface area (TPSA) is 169 Å². The molecule has 4 atom stereocenters.